The molecular weight excluding hydrogens is 391 g/mol. The summed E-state index contributed by atoms with van der Waals surface area (Å²) in [4.78, 5) is 13.6. The van der Waals surface area contributed by atoms with Gasteiger partial charge in [0.25, 0.3) is 0 Å². The van der Waals surface area contributed by atoms with Gasteiger partial charge in [-0.3, -0.25) is 4.79 Å². The van der Waals surface area contributed by atoms with Crippen molar-refractivity contribution >= 4 is 34.2 Å². The number of carbonyl (C=O) groups is 1. The van der Waals surface area contributed by atoms with Crippen LogP contribution in [0.3, 0.4) is 0 Å². The van der Waals surface area contributed by atoms with E-state index >= 15 is 0 Å². The maximum Gasteiger partial charge on any atom is 0.240 e. The monoisotopic (exact) mass is 407 g/mol. The van der Waals surface area contributed by atoms with E-state index in [-0.39, 0.29) is 21.1 Å². The van der Waals surface area contributed by atoms with Crippen LogP contribution in [-0.2, 0) is 4.79 Å². The molecule has 0 N–H and O–H groups in total. The molecule has 21 heavy (non-hydrogen) atoms. The molecule has 0 fully saturated rings. The minimum Gasteiger partial charge on any atom is -0.494 e. The molecule has 114 valence electrons. The highest BCUT2D eigenvalue weighted by molar-refractivity contribution is 14.1. The second-order valence-corrected chi connectivity index (χ2v) is 6.07. The number of hydrogen-bond donors (Lipinski definition) is 0. The molecule has 1 aliphatic heterocycles. The predicted molar refractivity (Wildman–Crippen MR) is 85.3 cm³/mol. The van der Waals surface area contributed by atoms with Gasteiger partial charge in [-0.15, -0.1) is 0 Å². The van der Waals surface area contributed by atoms with Crippen LogP contribution in [0.2, 0.25) is 0 Å². The molecule has 1 heterocycles. The van der Waals surface area contributed by atoms with Crippen LogP contribution in [0.4, 0.5) is 8.78 Å². The lowest BCUT2D eigenvalue weighted by Gasteiger charge is -2.30. The first-order valence-electron chi connectivity index (χ1n) is 6.77. The molecule has 2 rings (SSSR count). The molecule has 0 aromatic heterocycles. The lowest BCUT2D eigenvalue weighted by atomic mass is 10.0. The fraction of sp³-hybridized carbons (Fsp3) is 0.400. The zero-order valence-electron chi connectivity index (χ0n) is 11.8. The van der Waals surface area contributed by atoms with Crippen molar-refractivity contribution in [2.24, 2.45) is 0 Å². The van der Waals surface area contributed by atoms with E-state index in [9.17, 15) is 13.6 Å². The normalized spacial score (nSPS) is 18.7. The Hall–Kier alpha value is -1.18. The number of hydrogen-bond acceptors (Lipinski definition) is 2. The van der Waals surface area contributed by atoms with Gasteiger partial charge in [0.15, 0.2) is 0 Å². The molecule has 1 atom stereocenters. The highest BCUT2D eigenvalue weighted by Gasteiger charge is 2.31. The van der Waals surface area contributed by atoms with E-state index in [0.29, 0.717) is 25.3 Å². The molecule has 1 aromatic rings. The van der Waals surface area contributed by atoms with Crippen LogP contribution in [-0.4, -0.2) is 27.9 Å². The summed E-state index contributed by atoms with van der Waals surface area (Å²) in [6.45, 7) is 4.23. The molecule has 6 heteroatoms. The summed E-state index contributed by atoms with van der Waals surface area (Å²) in [6, 6.07) is 2.30. The lowest BCUT2D eigenvalue weighted by molar-refractivity contribution is -0.127. The van der Waals surface area contributed by atoms with Crippen LogP contribution >= 0.6 is 22.6 Å². The Morgan fingerprint density at radius 3 is 2.48 bits per heavy atom. The van der Waals surface area contributed by atoms with Crippen molar-refractivity contribution in [2.45, 2.75) is 24.2 Å². The van der Waals surface area contributed by atoms with Gasteiger partial charge in [0, 0.05) is 18.7 Å². The predicted octanol–water partition coefficient (Wildman–Crippen LogP) is 3.76. The Morgan fingerprint density at radius 2 is 1.95 bits per heavy atom. The van der Waals surface area contributed by atoms with Gasteiger partial charge in [-0.25, -0.2) is 8.78 Å². The van der Waals surface area contributed by atoms with E-state index in [0.717, 1.165) is 12.1 Å². The van der Waals surface area contributed by atoms with Crippen LogP contribution in [0.25, 0.3) is 5.70 Å². The molecule has 0 spiro atoms. The average molecular weight is 407 g/mol. The minimum absolute atomic E-state index is 0.122. The largest absolute Gasteiger partial charge is 0.494 e. The van der Waals surface area contributed by atoms with Crippen LogP contribution in [0.15, 0.2) is 18.2 Å². The fourth-order valence-electron chi connectivity index (χ4n) is 2.32. The van der Waals surface area contributed by atoms with Gasteiger partial charge in [-0.2, -0.15) is 0 Å². The summed E-state index contributed by atoms with van der Waals surface area (Å²) in [6.07, 6.45) is 2.18. The number of alkyl halides is 1. The van der Waals surface area contributed by atoms with Crippen molar-refractivity contribution < 1.29 is 18.3 Å². The Balaban J connectivity index is 2.48. The molecule has 1 aromatic carbocycles. The number of amides is 1. The number of allylic oxidation sites excluding steroid dienone is 1. The molecule has 1 unspecified atom stereocenters. The number of nitrogens with zero attached hydrogens (tertiary/aromatic N) is 1. The molecule has 0 bridgehead atoms. The molecule has 1 aliphatic rings. The smallest absolute Gasteiger partial charge is 0.240 e. The lowest BCUT2D eigenvalue weighted by Crippen LogP contribution is -2.38. The highest BCUT2D eigenvalue weighted by Crippen LogP contribution is 2.33. The van der Waals surface area contributed by atoms with Gasteiger partial charge in [-0.1, -0.05) is 28.7 Å². The maximum absolute atomic E-state index is 14.3. The van der Waals surface area contributed by atoms with E-state index < -0.39 is 11.6 Å². The third-order valence-electron chi connectivity index (χ3n) is 3.24. The molecule has 0 radical (unpaired) electrons. The van der Waals surface area contributed by atoms with E-state index in [4.69, 9.17) is 4.74 Å². The molecule has 0 aliphatic carbocycles. The zero-order chi connectivity index (χ0) is 15.6. The second kappa shape index (κ2) is 6.72. The van der Waals surface area contributed by atoms with Crippen LogP contribution in [0.1, 0.15) is 25.8 Å². The van der Waals surface area contributed by atoms with E-state index in [1.54, 1.807) is 19.9 Å². The van der Waals surface area contributed by atoms with Crippen molar-refractivity contribution in [1.82, 2.24) is 4.90 Å². The van der Waals surface area contributed by atoms with E-state index in [2.05, 4.69) is 0 Å². The number of carbonyl (C=O) groups excluding carboxylic acids is 1. The minimum atomic E-state index is -0.720. The quantitative estimate of drug-likeness (QED) is 0.562. The van der Waals surface area contributed by atoms with Gasteiger partial charge in [0.2, 0.25) is 5.91 Å². The maximum atomic E-state index is 14.3. The van der Waals surface area contributed by atoms with Gasteiger partial charge in [0.1, 0.15) is 17.4 Å². The molecule has 3 nitrogen and oxygen atoms in total. The second-order valence-electron chi connectivity index (χ2n) is 4.57. The van der Waals surface area contributed by atoms with Crippen LogP contribution in [0.5, 0.6) is 5.75 Å². The Kier molecular flexibility index (Phi) is 5.18. The zero-order valence-corrected chi connectivity index (χ0v) is 14.0. The summed E-state index contributed by atoms with van der Waals surface area (Å²) in [5.41, 5.74) is 0.130. The third kappa shape index (κ3) is 3.20. The molecular formula is C15H16F2INO2. The summed E-state index contributed by atoms with van der Waals surface area (Å²) in [5.74, 6) is -1.41. The van der Waals surface area contributed by atoms with Gasteiger partial charge in [-0.05, 0) is 20.3 Å². The SMILES string of the molecule is CCOc1cc(F)c(C2=CCC(I)C(=O)N2CC)c(F)c1. The van der Waals surface area contributed by atoms with Crippen molar-refractivity contribution in [3.05, 3.63) is 35.4 Å². The summed E-state index contributed by atoms with van der Waals surface area (Å²) < 4.78 is 33.4. The Labute approximate surface area is 136 Å². The number of halogens is 3. The number of benzene rings is 1. The van der Waals surface area contributed by atoms with Crippen LogP contribution < -0.4 is 4.74 Å². The van der Waals surface area contributed by atoms with E-state index in [1.165, 1.54) is 4.90 Å². The fourth-order valence-corrected chi connectivity index (χ4v) is 2.91. The summed E-state index contributed by atoms with van der Waals surface area (Å²) in [5, 5.41) is 0. The molecule has 1 amide bonds. The van der Waals surface area contributed by atoms with Crippen molar-refractivity contribution in [3.8, 4) is 5.75 Å². The summed E-state index contributed by atoms with van der Waals surface area (Å²) >= 11 is 2.04. The topological polar surface area (TPSA) is 29.5 Å². The van der Waals surface area contributed by atoms with Crippen molar-refractivity contribution in [2.75, 3.05) is 13.2 Å². The van der Waals surface area contributed by atoms with E-state index in [1.807, 2.05) is 22.6 Å². The van der Waals surface area contributed by atoms with Crippen LogP contribution in [0, 0.1) is 11.6 Å². The first-order chi connectivity index (χ1) is 9.99. The Bertz CT molecular complexity index is 566. The first kappa shape index (κ1) is 16.2. The summed E-state index contributed by atoms with van der Waals surface area (Å²) in [7, 11) is 0. The number of ether oxygens (including phenoxy) is 1. The third-order valence-corrected chi connectivity index (χ3v) is 4.28. The van der Waals surface area contributed by atoms with Crippen molar-refractivity contribution in [1.29, 1.82) is 0 Å². The van der Waals surface area contributed by atoms with Crippen molar-refractivity contribution in [3.63, 3.8) is 0 Å². The molecule has 0 saturated carbocycles. The number of rotatable bonds is 4. The standard InChI is InChI=1S/C15H16F2INO2/c1-3-19-13(6-5-12(18)15(19)20)14-10(16)7-9(21-4-2)8-11(14)17/h6-8,12H,3-5H2,1-2H3. The van der Waals surface area contributed by atoms with Gasteiger partial charge in [0.05, 0.1) is 21.8 Å². The molecule has 0 saturated heterocycles. The first-order valence-corrected chi connectivity index (χ1v) is 8.01. The Morgan fingerprint density at radius 1 is 1.33 bits per heavy atom. The average Bonchev–Trinajstić information content (AvgIpc) is 2.42. The highest BCUT2D eigenvalue weighted by atomic mass is 127. The van der Waals surface area contributed by atoms with Gasteiger partial charge < -0.3 is 9.64 Å². The van der Waals surface area contributed by atoms with Gasteiger partial charge >= 0.3 is 0 Å².